The van der Waals surface area contributed by atoms with E-state index in [1.165, 1.54) is 38.8 Å². The van der Waals surface area contributed by atoms with Crippen LogP contribution in [0.1, 0.15) is 39.0 Å². The van der Waals surface area contributed by atoms with Gasteiger partial charge in [0.25, 0.3) is 0 Å². The summed E-state index contributed by atoms with van der Waals surface area (Å²) in [7, 11) is 0. The van der Waals surface area contributed by atoms with Crippen LogP contribution in [0.4, 0.5) is 0 Å². The van der Waals surface area contributed by atoms with Gasteiger partial charge < -0.3 is 0 Å². The maximum absolute atomic E-state index is 5.50. The molecule has 2 aliphatic heterocycles. The monoisotopic (exact) mass is 206 g/mol. The summed E-state index contributed by atoms with van der Waals surface area (Å²) in [6.07, 6.45) is 12.0. The Kier molecular flexibility index (Phi) is 3.66. The lowest BCUT2D eigenvalue weighted by Gasteiger charge is -2.33. The quantitative estimate of drug-likeness (QED) is 0.706. The van der Waals surface area contributed by atoms with E-state index in [0.29, 0.717) is 6.04 Å². The van der Waals surface area contributed by atoms with Gasteiger partial charge >= 0.3 is 0 Å². The van der Waals surface area contributed by atoms with Crippen LogP contribution in [0.25, 0.3) is 0 Å². The topological polar surface area (TPSA) is 15.3 Å². The highest BCUT2D eigenvalue weighted by atomic mass is 15.2. The first-order chi connectivity index (χ1) is 7.35. The van der Waals surface area contributed by atoms with Gasteiger partial charge in [0.15, 0.2) is 0 Å². The zero-order valence-electron chi connectivity index (χ0n) is 9.71. The van der Waals surface area contributed by atoms with Gasteiger partial charge in [0.1, 0.15) is 0 Å². The molecule has 0 amide bonds. The molecular formula is C13H22N2. The Hall–Kier alpha value is -0.520. The number of fused-ring (bicyclic) bond motifs is 1. The second-order valence-corrected chi connectivity index (χ2v) is 4.79. The Morgan fingerprint density at radius 1 is 1.40 bits per heavy atom. The summed E-state index contributed by atoms with van der Waals surface area (Å²) in [6, 6.07) is 1.68. The summed E-state index contributed by atoms with van der Waals surface area (Å²) in [5.41, 5.74) is 0. The van der Waals surface area contributed by atoms with Crippen LogP contribution in [0.15, 0.2) is 0 Å². The van der Waals surface area contributed by atoms with Crippen molar-refractivity contribution in [3.8, 4) is 12.3 Å². The van der Waals surface area contributed by atoms with Crippen molar-refractivity contribution in [1.82, 2.24) is 10.2 Å². The van der Waals surface area contributed by atoms with Crippen molar-refractivity contribution in [2.24, 2.45) is 0 Å². The predicted octanol–water partition coefficient (Wildman–Crippen LogP) is 1.61. The fraction of sp³-hybridized carbons (Fsp3) is 0.846. The summed E-state index contributed by atoms with van der Waals surface area (Å²) in [4.78, 5) is 2.64. The Morgan fingerprint density at radius 3 is 3.00 bits per heavy atom. The molecule has 0 spiro atoms. The van der Waals surface area contributed by atoms with Crippen LogP contribution in [-0.2, 0) is 0 Å². The molecule has 0 aliphatic carbocycles. The van der Waals surface area contributed by atoms with Gasteiger partial charge in [0, 0.05) is 18.6 Å². The normalized spacial score (nSPS) is 33.3. The summed E-state index contributed by atoms with van der Waals surface area (Å²) < 4.78 is 0. The van der Waals surface area contributed by atoms with Crippen molar-refractivity contribution in [1.29, 1.82) is 0 Å². The Labute approximate surface area is 93.4 Å². The van der Waals surface area contributed by atoms with Gasteiger partial charge in [-0.25, -0.2) is 0 Å². The lowest BCUT2D eigenvalue weighted by atomic mass is 9.98. The number of hydrogen-bond donors (Lipinski definition) is 1. The number of piperidine rings is 1. The zero-order chi connectivity index (χ0) is 10.7. The minimum Gasteiger partial charge on any atom is -0.299 e. The van der Waals surface area contributed by atoms with Crippen molar-refractivity contribution >= 4 is 0 Å². The number of terminal acetylenes is 1. The van der Waals surface area contributed by atoms with Gasteiger partial charge in [-0.05, 0) is 32.2 Å². The number of nitrogens with one attached hydrogen (secondary N) is 1. The molecular weight excluding hydrogens is 184 g/mol. The lowest BCUT2D eigenvalue weighted by Crippen LogP contribution is -2.47. The molecule has 2 aliphatic rings. The van der Waals surface area contributed by atoms with Gasteiger partial charge in [-0.1, -0.05) is 19.3 Å². The van der Waals surface area contributed by atoms with E-state index >= 15 is 0 Å². The SMILES string of the molecule is C#CC(CC)NC1CCN2CCCCC12. The fourth-order valence-electron chi connectivity index (χ4n) is 2.98. The molecule has 2 heterocycles. The fourth-order valence-corrected chi connectivity index (χ4v) is 2.98. The van der Waals surface area contributed by atoms with Crippen molar-refractivity contribution in [3.63, 3.8) is 0 Å². The van der Waals surface area contributed by atoms with Crippen molar-refractivity contribution in [2.45, 2.75) is 57.2 Å². The molecule has 0 saturated carbocycles. The zero-order valence-corrected chi connectivity index (χ0v) is 9.71. The first-order valence-electron chi connectivity index (χ1n) is 6.31. The molecule has 84 valence electrons. The molecule has 2 heteroatoms. The molecule has 3 unspecified atom stereocenters. The maximum atomic E-state index is 5.50. The highest BCUT2D eigenvalue weighted by molar-refractivity contribution is 5.03. The number of hydrogen-bond acceptors (Lipinski definition) is 2. The standard InChI is InChI=1S/C13H22N2/c1-3-11(4-2)14-12-8-10-15-9-6-5-7-13(12)15/h1,11-14H,4-10H2,2H3. The van der Waals surface area contributed by atoms with E-state index < -0.39 is 0 Å². The molecule has 2 saturated heterocycles. The highest BCUT2D eigenvalue weighted by Crippen LogP contribution is 2.27. The molecule has 0 aromatic carbocycles. The molecule has 2 nitrogen and oxygen atoms in total. The molecule has 1 N–H and O–H groups in total. The van der Waals surface area contributed by atoms with E-state index in [9.17, 15) is 0 Å². The second-order valence-electron chi connectivity index (χ2n) is 4.79. The van der Waals surface area contributed by atoms with E-state index in [4.69, 9.17) is 6.42 Å². The number of nitrogens with zero attached hydrogens (tertiary/aromatic N) is 1. The highest BCUT2D eigenvalue weighted by Gasteiger charge is 2.35. The summed E-state index contributed by atoms with van der Waals surface area (Å²) in [5.74, 6) is 2.84. The Morgan fingerprint density at radius 2 is 2.27 bits per heavy atom. The molecule has 15 heavy (non-hydrogen) atoms. The van der Waals surface area contributed by atoms with Crippen molar-refractivity contribution in [3.05, 3.63) is 0 Å². The molecule has 0 aromatic rings. The third-order valence-electron chi connectivity index (χ3n) is 3.88. The van der Waals surface area contributed by atoms with Crippen LogP contribution < -0.4 is 5.32 Å². The summed E-state index contributed by atoms with van der Waals surface area (Å²) in [5, 5.41) is 3.64. The molecule has 0 aromatic heterocycles. The maximum Gasteiger partial charge on any atom is 0.0686 e. The van der Waals surface area contributed by atoms with E-state index in [1.54, 1.807) is 0 Å². The molecule has 2 rings (SSSR count). The van der Waals surface area contributed by atoms with Crippen molar-refractivity contribution < 1.29 is 0 Å². The van der Waals surface area contributed by atoms with Gasteiger partial charge in [0.2, 0.25) is 0 Å². The van der Waals surface area contributed by atoms with Crippen LogP contribution in [0.2, 0.25) is 0 Å². The average molecular weight is 206 g/mol. The number of rotatable bonds is 3. The van der Waals surface area contributed by atoms with E-state index in [2.05, 4.69) is 23.1 Å². The van der Waals surface area contributed by atoms with Crippen molar-refractivity contribution in [2.75, 3.05) is 13.1 Å². The Balaban J connectivity index is 1.90. The summed E-state index contributed by atoms with van der Waals surface area (Å²) in [6.45, 7) is 4.73. The minimum atomic E-state index is 0.275. The van der Waals surface area contributed by atoms with Gasteiger partial charge in [-0.2, -0.15) is 0 Å². The summed E-state index contributed by atoms with van der Waals surface area (Å²) >= 11 is 0. The first-order valence-corrected chi connectivity index (χ1v) is 6.31. The minimum absolute atomic E-state index is 0.275. The predicted molar refractivity (Wildman–Crippen MR) is 63.7 cm³/mol. The van der Waals surface area contributed by atoms with E-state index in [0.717, 1.165) is 12.5 Å². The smallest absolute Gasteiger partial charge is 0.0686 e. The molecule has 0 radical (unpaired) electrons. The third kappa shape index (κ3) is 2.35. The molecule has 2 fully saturated rings. The first kappa shape index (κ1) is 11.0. The van der Waals surface area contributed by atoms with E-state index in [-0.39, 0.29) is 6.04 Å². The van der Waals surface area contributed by atoms with E-state index in [1.807, 2.05) is 0 Å². The van der Waals surface area contributed by atoms with Crippen LogP contribution in [0.3, 0.4) is 0 Å². The van der Waals surface area contributed by atoms with Crippen LogP contribution in [0, 0.1) is 12.3 Å². The van der Waals surface area contributed by atoms with Crippen LogP contribution in [-0.4, -0.2) is 36.1 Å². The second kappa shape index (κ2) is 5.01. The van der Waals surface area contributed by atoms with Gasteiger partial charge in [-0.3, -0.25) is 10.2 Å². The average Bonchev–Trinajstić information content (AvgIpc) is 2.69. The third-order valence-corrected chi connectivity index (χ3v) is 3.88. The van der Waals surface area contributed by atoms with Crippen LogP contribution >= 0.6 is 0 Å². The Bertz CT molecular complexity index is 243. The largest absolute Gasteiger partial charge is 0.299 e. The molecule has 0 bridgehead atoms. The lowest BCUT2D eigenvalue weighted by molar-refractivity contribution is 0.178. The molecule has 3 atom stereocenters. The van der Waals surface area contributed by atoms with Crippen LogP contribution in [0.5, 0.6) is 0 Å². The van der Waals surface area contributed by atoms with Gasteiger partial charge in [0.05, 0.1) is 6.04 Å². The van der Waals surface area contributed by atoms with Gasteiger partial charge in [-0.15, -0.1) is 6.42 Å².